The van der Waals surface area contributed by atoms with Crippen LogP contribution in [0.3, 0.4) is 0 Å². The SMILES string of the molecule is C[C@](O)(CNC(=O)COc1ccc2ccccc2c1)C(F)(F)F. The molecule has 7 heteroatoms. The lowest BCUT2D eigenvalue weighted by molar-refractivity contribution is -0.250. The largest absolute Gasteiger partial charge is 0.484 e. The summed E-state index contributed by atoms with van der Waals surface area (Å²) in [7, 11) is 0. The Labute approximate surface area is 130 Å². The van der Waals surface area contributed by atoms with Gasteiger partial charge in [0.1, 0.15) is 5.75 Å². The van der Waals surface area contributed by atoms with Gasteiger partial charge in [-0.3, -0.25) is 4.79 Å². The average molecular weight is 327 g/mol. The molecule has 0 radical (unpaired) electrons. The van der Waals surface area contributed by atoms with Gasteiger partial charge in [0, 0.05) is 0 Å². The number of benzene rings is 2. The Morgan fingerprint density at radius 1 is 1.17 bits per heavy atom. The second-order valence-corrected chi connectivity index (χ2v) is 5.35. The van der Waals surface area contributed by atoms with Gasteiger partial charge in [0.2, 0.25) is 0 Å². The molecule has 0 saturated carbocycles. The molecule has 0 aromatic heterocycles. The molecule has 0 aliphatic heterocycles. The lowest BCUT2D eigenvalue weighted by Crippen LogP contribution is -2.51. The molecule has 4 nitrogen and oxygen atoms in total. The van der Waals surface area contributed by atoms with E-state index < -0.39 is 30.8 Å². The third-order valence-corrected chi connectivity index (χ3v) is 3.33. The third kappa shape index (κ3) is 4.35. The summed E-state index contributed by atoms with van der Waals surface area (Å²) in [6.07, 6.45) is -4.82. The molecular formula is C16H16F3NO3. The molecule has 2 N–H and O–H groups in total. The fourth-order valence-electron chi connectivity index (χ4n) is 1.83. The van der Waals surface area contributed by atoms with E-state index in [-0.39, 0.29) is 0 Å². The minimum atomic E-state index is -4.82. The van der Waals surface area contributed by atoms with Crippen molar-refractivity contribution in [2.75, 3.05) is 13.2 Å². The van der Waals surface area contributed by atoms with Crippen LogP contribution in [-0.2, 0) is 4.79 Å². The van der Waals surface area contributed by atoms with E-state index in [1.54, 1.807) is 12.1 Å². The van der Waals surface area contributed by atoms with Gasteiger partial charge in [-0.05, 0) is 29.8 Å². The van der Waals surface area contributed by atoms with Crippen molar-refractivity contribution in [1.82, 2.24) is 5.32 Å². The summed E-state index contributed by atoms with van der Waals surface area (Å²) in [4.78, 5) is 11.5. The summed E-state index contributed by atoms with van der Waals surface area (Å²) in [5.74, 6) is -0.316. The fourth-order valence-corrected chi connectivity index (χ4v) is 1.83. The smallest absolute Gasteiger partial charge is 0.418 e. The molecule has 1 atom stereocenters. The number of carbonyl (C=O) groups excluding carboxylic acids is 1. The Morgan fingerprint density at radius 2 is 1.83 bits per heavy atom. The van der Waals surface area contributed by atoms with Crippen LogP contribution in [0.5, 0.6) is 5.75 Å². The number of nitrogens with one attached hydrogen (secondary N) is 1. The van der Waals surface area contributed by atoms with Crippen LogP contribution in [-0.4, -0.2) is 35.9 Å². The Morgan fingerprint density at radius 3 is 2.48 bits per heavy atom. The quantitative estimate of drug-likeness (QED) is 0.888. The molecule has 1 amide bonds. The number of rotatable bonds is 5. The predicted octanol–water partition coefficient (Wildman–Crippen LogP) is 2.65. The van der Waals surface area contributed by atoms with E-state index in [2.05, 4.69) is 0 Å². The zero-order valence-electron chi connectivity index (χ0n) is 12.4. The maximum Gasteiger partial charge on any atom is 0.418 e. The molecule has 0 spiro atoms. The van der Waals surface area contributed by atoms with Gasteiger partial charge in [0.05, 0.1) is 6.54 Å². The van der Waals surface area contributed by atoms with Crippen molar-refractivity contribution in [3.8, 4) is 5.75 Å². The van der Waals surface area contributed by atoms with E-state index >= 15 is 0 Å². The van der Waals surface area contributed by atoms with Gasteiger partial charge >= 0.3 is 6.18 Å². The van der Waals surface area contributed by atoms with Gasteiger partial charge in [-0.1, -0.05) is 30.3 Å². The lowest BCUT2D eigenvalue weighted by atomic mass is 10.1. The van der Waals surface area contributed by atoms with Crippen molar-refractivity contribution in [1.29, 1.82) is 0 Å². The van der Waals surface area contributed by atoms with Crippen molar-refractivity contribution in [2.24, 2.45) is 0 Å². The van der Waals surface area contributed by atoms with Crippen LogP contribution in [0.1, 0.15) is 6.92 Å². The van der Waals surface area contributed by atoms with E-state index in [0.717, 1.165) is 10.8 Å². The van der Waals surface area contributed by atoms with Crippen LogP contribution in [0.25, 0.3) is 10.8 Å². The number of fused-ring (bicyclic) bond motifs is 1. The Hall–Kier alpha value is -2.28. The Balaban J connectivity index is 1.88. The number of amides is 1. The zero-order valence-corrected chi connectivity index (χ0v) is 12.4. The standard InChI is InChI=1S/C16H16F3NO3/c1-15(22,16(17,18)19)10-20-14(21)9-23-13-7-6-11-4-2-3-5-12(11)8-13/h2-8,22H,9-10H2,1H3,(H,20,21)/t15-/m0/s1. The summed E-state index contributed by atoms with van der Waals surface area (Å²) < 4.78 is 42.6. The Bertz CT molecular complexity index is 698. The zero-order chi connectivity index (χ0) is 17.1. The first kappa shape index (κ1) is 17.1. The normalized spacial score (nSPS) is 14.3. The number of ether oxygens (including phenoxy) is 1. The van der Waals surface area contributed by atoms with Crippen LogP contribution >= 0.6 is 0 Å². The summed E-state index contributed by atoms with van der Waals surface area (Å²) >= 11 is 0. The van der Waals surface area contributed by atoms with Gasteiger partial charge in [0.15, 0.2) is 12.2 Å². The first-order chi connectivity index (χ1) is 10.7. The number of halogens is 3. The van der Waals surface area contributed by atoms with Crippen LogP contribution in [0.2, 0.25) is 0 Å². The van der Waals surface area contributed by atoms with E-state index in [4.69, 9.17) is 4.74 Å². The molecule has 124 valence electrons. The molecule has 0 unspecified atom stereocenters. The number of alkyl halides is 3. The van der Waals surface area contributed by atoms with Gasteiger partial charge in [-0.15, -0.1) is 0 Å². The molecule has 0 fully saturated rings. The first-order valence-electron chi connectivity index (χ1n) is 6.86. The molecule has 0 bridgehead atoms. The molecule has 0 aliphatic carbocycles. The third-order valence-electron chi connectivity index (χ3n) is 3.33. The summed E-state index contributed by atoms with van der Waals surface area (Å²) in [6, 6.07) is 12.8. The van der Waals surface area contributed by atoms with E-state index in [1.807, 2.05) is 35.6 Å². The van der Waals surface area contributed by atoms with Gasteiger partial charge in [-0.25, -0.2) is 0 Å². The molecule has 0 heterocycles. The van der Waals surface area contributed by atoms with Crippen molar-refractivity contribution >= 4 is 16.7 Å². The maximum absolute atomic E-state index is 12.5. The summed E-state index contributed by atoms with van der Waals surface area (Å²) in [5.41, 5.74) is -2.98. The predicted molar refractivity (Wildman–Crippen MR) is 79.1 cm³/mol. The molecular weight excluding hydrogens is 311 g/mol. The highest BCUT2D eigenvalue weighted by molar-refractivity contribution is 5.84. The van der Waals surface area contributed by atoms with Crippen molar-refractivity contribution in [3.05, 3.63) is 42.5 Å². The second-order valence-electron chi connectivity index (χ2n) is 5.35. The topological polar surface area (TPSA) is 58.6 Å². The van der Waals surface area contributed by atoms with Crippen molar-refractivity contribution < 1.29 is 27.8 Å². The Kier molecular flexibility index (Phi) is 4.79. The lowest BCUT2D eigenvalue weighted by Gasteiger charge is -2.26. The minimum absolute atomic E-state index is 0.432. The molecule has 0 saturated heterocycles. The monoisotopic (exact) mass is 327 g/mol. The number of aliphatic hydroxyl groups is 1. The average Bonchev–Trinajstić information content (AvgIpc) is 2.49. The molecule has 2 rings (SSSR count). The van der Waals surface area contributed by atoms with Crippen LogP contribution in [0.15, 0.2) is 42.5 Å². The first-order valence-corrected chi connectivity index (χ1v) is 6.86. The number of carbonyl (C=O) groups is 1. The molecule has 0 aliphatic rings. The highest BCUT2D eigenvalue weighted by Gasteiger charge is 2.49. The molecule has 2 aromatic rings. The fraction of sp³-hybridized carbons (Fsp3) is 0.312. The van der Waals surface area contributed by atoms with Gasteiger partial charge in [-0.2, -0.15) is 13.2 Å². The minimum Gasteiger partial charge on any atom is -0.484 e. The van der Waals surface area contributed by atoms with Crippen LogP contribution in [0, 0.1) is 0 Å². The van der Waals surface area contributed by atoms with Crippen molar-refractivity contribution in [3.63, 3.8) is 0 Å². The highest BCUT2D eigenvalue weighted by Crippen LogP contribution is 2.29. The molecule has 2 aromatic carbocycles. The van der Waals surface area contributed by atoms with Crippen molar-refractivity contribution in [2.45, 2.75) is 18.7 Å². The van der Waals surface area contributed by atoms with Crippen LogP contribution in [0.4, 0.5) is 13.2 Å². The van der Waals surface area contributed by atoms with Crippen LogP contribution < -0.4 is 10.1 Å². The maximum atomic E-state index is 12.5. The molecule has 23 heavy (non-hydrogen) atoms. The second kappa shape index (κ2) is 6.45. The van der Waals surface area contributed by atoms with Gasteiger partial charge in [0.25, 0.3) is 5.91 Å². The van der Waals surface area contributed by atoms with E-state index in [1.165, 1.54) is 0 Å². The highest BCUT2D eigenvalue weighted by atomic mass is 19.4. The van der Waals surface area contributed by atoms with E-state index in [0.29, 0.717) is 12.7 Å². The summed E-state index contributed by atoms with van der Waals surface area (Å²) in [5, 5.41) is 13.2. The summed E-state index contributed by atoms with van der Waals surface area (Å²) in [6.45, 7) is -0.778. The number of hydrogen-bond donors (Lipinski definition) is 2. The van der Waals surface area contributed by atoms with Gasteiger partial charge < -0.3 is 15.2 Å². The number of hydrogen-bond acceptors (Lipinski definition) is 3. The van der Waals surface area contributed by atoms with E-state index in [9.17, 15) is 23.1 Å².